The van der Waals surface area contributed by atoms with Crippen molar-refractivity contribution in [3.05, 3.63) is 0 Å². The largest absolute Gasteiger partial charge is 0.373 e. The molecule has 9 unspecified atom stereocenters. The second-order valence-corrected chi connectivity index (χ2v) is 24.4. The van der Waals surface area contributed by atoms with E-state index in [1.54, 1.807) is 0 Å². The molecule has 82 heavy (non-hydrogen) atoms. The normalized spacial score (nSPS) is 17.4. The van der Waals surface area contributed by atoms with E-state index in [4.69, 9.17) is 42.5 Å². The summed E-state index contributed by atoms with van der Waals surface area (Å²) in [6.45, 7) is 19.1. The molecule has 0 bridgehead atoms. The fourth-order valence-corrected chi connectivity index (χ4v) is 10.8. The zero-order valence-corrected chi connectivity index (χ0v) is 57.9. The molecule has 3 heterocycles. The van der Waals surface area contributed by atoms with Crippen molar-refractivity contribution in [1.29, 1.82) is 0 Å². The van der Waals surface area contributed by atoms with Crippen LogP contribution in [0.3, 0.4) is 0 Å². The Morgan fingerprint density at radius 3 is 1.48 bits per heavy atom. The number of nitrogens with zero attached hydrogens (tertiary/aromatic N) is 2. The van der Waals surface area contributed by atoms with E-state index in [2.05, 4.69) is 46.1 Å². The molecule has 0 aromatic heterocycles. The van der Waals surface area contributed by atoms with Crippen molar-refractivity contribution in [2.24, 2.45) is 0 Å². The van der Waals surface area contributed by atoms with E-state index >= 15 is 0 Å². The maximum absolute atomic E-state index is 11.7. The number of unbranched alkanes of at least 4 members (excludes halogenated alkanes) is 18. The molecule has 0 saturated carbocycles. The molecular formula is C59H116N2O17P2SnV. The Labute approximate surface area is 523 Å². The third-order valence-electron chi connectivity index (χ3n) is 13.6. The molecule has 3 saturated heterocycles. The Kier molecular flexibility index (Phi) is 65.3. The molecule has 9 atom stereocenters. The Morgan fingerprint density at radius 1 is 0.646 bits per heavy atom. The fraction of sp³-hybridized carbons (Fsp3) is 0.898. The average Bonchev–Trinajstić information content (AvgIpc) is 4.08. The van der Waals surface area contributed by atoms with Gasteiger partial charge in [0, 0.05) is 78.1 Å². The van der Waals surface area contributed by atoms with E-state index in [1.807, 2.05) is 16.7 Å². The topological polar surface area (TPSA) is 243 Å². The Hall–Kier alpha value is -1.22. The van der Waals surface area contributed by atoms with Crippen molar-refractivity contribution in [3.8, 4) is 0 Å². The van der Waals surface area contributed by atoms with Gasteiger partial charge in [0.05, 0.1) is 6.61 Å². The number of esters is 4. The molecule has 3 rings (SSSR count). The van der Waals surface area contributed by atoms with E-state index in [-0.39, 0.29) is 77.9 Å². The minimum atomic E-state index is -1.28. The summed E-state index contributed by atoms with van der Waals surface area (Å²) in [5, 5.41) is 17.8. The van der Waals surface area contributed by atoms with Crippen LogP contribution in [0.25, 0.3) is 0 Å². The number of aliphatic hydroxyl groups excluding tert-OH is 2. The standard InChI is InChI=1S/C24H50O4.C15H25NO6.C9H17NO2.C6H8O4.C4H9.CH4.H4OP2.Sn.V/c1-3-5-7-9-11-13-15-17-19-21-23-26-28-24(27-25)22-20-18-16-14-12-10-8-6-4-2;1-4-12(16-8-5-6-13(16)18)7-9-21-15(20)11(3)22-14(19)10(2)17;1-2-8(5-7-11)10-6-3-4-9(10)12;1-3-5(7)10-4(2)6(8)9-3;1-3-4-2;;1-3-2;;/h24-25H,3-23H2,1-2H3;10-12,17H,4-9H2,1-3H3;8,11H,2-7H2,1H3;3-4H,1-2H3;1,3-4H2,2H3;1H4;1,3H,2H2;;/q;;;;;;;+1;/p-1. The van der Waals surface area contributed by atoms with Crippen molar-refractivity contribution in [2.75, 3.05) is 32.9 Å². The maximum atomic E-state index is 11.7. The number of carbonyl (C=O) groups excluding carboxylic acids is 6. The van der Waals surface area contributed by atoms with Crippen LogP contribution in [-0.4, -0.2) is 158 Å². The number of hydrogen-bond acceptors (Lipinski definition) is 17. The van der Waals surface area contributed by atoms with Crippen LogP contribution in [0.5, 0.6) is 0 Å². The first kappa shape index (κ1) is 87.2. The van der Waals surface area contributed by atoms with Gasteiger partial charge in [0.25, 0.3) is 0 Å². The van der Waals surface area contributed by atoms with Gasteiger partial charge >= 0.3 is 197 Å². The van der Waals surface area contributed by atoms with Crippen LogP contribution in [-0.2, 0) is 84.2 Å². The van der Waals surface area contributed by atoms with E-state index in [0.717, 1.165) is 64.5 Å². The Bertz CT molecular complexity index is 1530. The number of likely N-dealkylation sites (tertiary alicyclic amines) is 2. The molecule has 0 aliphatic carbocycles. The predicted molar refractivity (Wildman–Crippen MR) is 325 cm³/mol. The fourth-order valence-electron chi connectivity index (χ4n) is 8.67. The molecule has 483 valence electrons. The number of aliphatic hydroxyl groups is 2. The van der Waals surface area contributed by atoms with Gasteiger partial charge in [-0.05, 0) is 59.8 Å². The van der Waals surface area contributed by atoms with E-state index < -0.39 is 69.8 Å². The molecule has 3 aliphatic heterocycles. The van der Waals surface area contributed by atoms with Crippen LogP contribution in [0.4, 0.5) is 0 Å². The smallest absolute Gasteiger partial charge is 0.0286 e. The minimum Gasteiger partial charge on any atom is -0.373 e. The average molecular weight is 1360 g/mol. The van der Waals surface area contributed by atoms with Crippen LogP contribution in [0.2, 0.25) is 4.44 Å². The molecule has 3 N–H and O–H groups in total. The predicted octanol–water partition coefficient (Wildman–Crippen LogP) is 12.2. The quantitative estimate of drug-likeness (QED) is 0.00753. The summed E-state index contributed by atoms with van der Waals surface area (Å²) in [7, 11) is 2.16. The summed E-state index contributed by atoms with van der Waals surface area (Å²) in [4.78, 5) is 95.1. The summed E-state index contributed by atoms with van der Waals surface area (Å²) in [6.07, 6.45) is 30.5. The zero-order valence-electron chi connectivity index (χ0n) is 51.5. The molecule has 19 nitrogen and oxygen atoms in total. The zero-order chi connectivity index (χ0) is 60.2. The van der Waals surface area contributed by atoms with Gasteiger partial charge in [-0.2, -0.15) is 0 Å². The van der Waals surface area contributed by atoms with Crippen LogP contribution in [0.15, 0.2) is 0 Å². The van der Waals surface area contributed by atoms with E-state index in [0.29, 0.717) is 25.9 Å². The summed E-state index contributed by atoms with van der Waals surface area (Å²) < 4.78 is 25.8. The first-order chi connectivity index (χ1) is 38.5. The van der Waals surface area contributed by atoms with Gasteiger partial charge in [0.15, 0.2) is 18.3 Å². The first-order valence-corrected chi connectivity index (χ1v) is 36.6. The van der Waals surface area contributed by atoms with E-state index in [1.165, 1.54) is 154 Å². The van der Waals surface area contributed by atoms with Crippen LogP contribution in [0, 0.1) is 0 Å². The molecule has 3 radical (unpaired) electrons. The molecular weight excluding hydrogens is 1240 g/mol. The van der Waals surface area contributed by atoms with Gasteiger partial charge in [0.1, 0.15) is 6.10 Å². The van der Waals surface area contributed by atoms with Crippen LogP contribution < -0.4 is 0 Å². The number of amides is 2. The molecule has 3 aliphatic rings. The van der Waals surface area contributed by atoms with Crippen molar-refractivity contribution in [1.82, 2.24) is 9.80 Å². The maximum Gasteiger partial charge on any atom is 0.0286 e. The third kappa shape index (κ3) is 47.9. The summed E-state index contributed by atoms with van der Waals surface area (Å²) in [5.41, 5.74) is 0. The molecule has 23 heteroatoms. The number of rotatable bonds is 41. The van der Waals surface area contributed by atoms with Crippen molar-refractivity contribution >= 4 is 74.7 Å². The minimum absolute atomic E-state index is 0. The number of carbonyl (C=O) groups is 6. The van der Waals surface area contributed by atoms with Crippen LogP contribution >= 0.6 is 17.4 Å². The second kappa shape index (κ2) is 61.4. The monoisotopic (exact) mass is 1360 g/mol. The SMILES string of the molecule is C.CC1OC(=O)C(C)OC1=O.CCC(CCO)N1CCCC1=O.CCC(CCOC(=O)C(C)OC(=O)C(C)O)N1CCCC1=O.CCCCCCCCCCCCOOC(CCCCCCCCCCC)O[O][Sn][CH2]CCC.OPP.[V]. The van der Waals surface area contributed by atoms with E-state index in [9.17, 15) is 28.8 Å². The van der Waals surface area contributed by atoms with Gasteiger partial charge in [-0.25, -0.2) is 19.2 Å². The van der Waals surface area contributed by atoms with Gasteiger partial charge in [0.2, 0.25) is 11.8 Å². The van der Waals surface area contributed by atoms with Crippen molar-refractivity contribution < 1.29 is 99.3 Å². The summed E-state index contributed by atoms with van der Waals surface area (Å²) >= 11 is -0.875. The number of cyclic esters (lactones) is 2. The van der Waals surface area contributed by atoms with Gasteiger partial charge in [-0.1, -0.05) is 76.2 Å². The van der Waals surface area contributed by atoms with Gasteiger partial charge in [-0.3, -0.25) is 9.59 Å². The summed E-state index contributed by atoms with van der Waals surface area (Å²) in [6, 6.07) is 0.336. The molecule has 0 spiro atoms. The third-order valence-corrected chi connectivity index (χ3v) is 15.8. The second-order valence-electron chi connectivity index (χ2n) is 20.6. The first-order valence-electron chi connectivity index (χ1n) is 30.6. The number of ether oxygens (including phenoxy) is 4. The Balaban J connectivity index is -0.000000529. The van der Waals surface area contributed by atoms with Crippen molar-refractivity contribution in [2.45, 2.75) is 310 Å². The molecule has 0 aromatic rings. The molecule has 3 fully saturated rings. The van der Waals surface area contributed by atoms with Crippen molar-refractivity contribution in [3.63, 3.8) is 0 Å². The van der Waals surface area contributed by atoms with Crippen LogP contribution in [0.1, 0.15) is 262 Å². The summed E-state index contributed by atoms with van der Waals surface area (Å²) in [5.74, 6) is -2.07. The Morgan fingerprint density at radius 2 is 1.07 bits per heavy atom. The van der Waals surface area contributed by atoms with Gasteiger partial charge < -0.3 is 43.9 Å². The number of hydrogen-bond donors (Lipinski definition) is 3. The molecule has 0 aromatic carbocycles. The van der Waals surface area contributed by atoms with Gasteiger partial charge in [-0.15, -0.1) is 0 Å². The molecule has 2 amide bonds.